The molecule has 0 spiro atoms. The van der Waals surface area contributed by atoms with Crippen molar-refractivity contribution < 1.29 is 0 Å². The Labute approximate surface area is 137 Å². The van der Waals surface area contributed by atoms with Gasteiger partial charge in [0.2, 0.25) is 16.2 Å². The van der Waals surface area contributed by atoms with Gasteiger partial charge < -0.3 is 0 Å². The Balaban J connectivity index is 2.75. The normalized spacial score (nSPS) is 11.0. The summed E-state index contributed by atoms with van der Waals surface area (Å²) in [7, 11) is 0. The van der Waals surface area contributed by atoms with Gasteiger partial charge in [0.15, 0.2) is 5.38 Å². The molecule has 1 aromatic rings. The average Bonchev–Trinajstić information content (AvgIpc) is 2.50. The van der Waals surface area contributed by atoms with Crippen LogP contribution in [0.5, 0.6) is 0 Å². The minimum atomic E-state index is 1.30. The molecule has 0 aliphatic rings. The van der Waals surface area contributed by atoms with E-state index in [9.17, 15) is 0 Å². The smallest absolute Gasteiger partial charge is 0.0654 e. The van der Waals surface area contributed by atoms with Gasteiger partial charge in [0.05, 0.1) is 0 Å². The molecule has 1 heterocycles. The maximum Gasteiger partial charge on any atom is 0.215 e. The van der Waals surface area contributed by atoms with Crippen LogP contribution in [-0.4, -0.2) is 0 Å². The summed E-state index contributed by atoms with van der Waals surface area (Å²) in [6.45, 7) is 6.90. The van der Waals surface area contributed by atoms with Crippen molar-refractivity contribution in [2.75, 3.05) is 0 Å². The van der Waals surface area contributed by atoms with Crippen LogP contribution in [-0.2, 0) is 19.3 Å². The van der Waals surface area contributed by atoms with E-state index in [1.807, 2.05) is 11.3 Å². The highest BCUT2D eigenvalue weighted by atomic mass is 32.1. The number of aryl methyl sites for hydroxylation is 2. The van der Waals surface area contributed by atoms with Gasteiger partial charge in [0.1, 0.15) is 0 Å². The van der Waals surface area contributed by atoms with E-state index in [1.165, 1.54) is 77.0 Å². The highest BCUT2D eigenvalue weighted by Crippen LogP contribution is 2.25. The van der Waals surface area contributed by atoms with Gasteiger partial charge in [-0.2, -0.15) is 0 Å². The molecule has 0 unspecified atom stereocenters. The largest absolute Gasteiger partial charge is 0.215 e. The zero-order valence-corrected chi connectivity index (χ0v) is 15.4. The maximum absolute atomic E-state index is 2.41. The molecule has 0 N–H and O–H groups in total. The van der Waals surface area contributed by atoms with E-state index in [-0.39, 0.29) is 0 Å². The van der Waals surface area contributed by atoms with Crippen molar-refractivity contribution in [1.29, 1.82) is 0 Å². The lowest BCUT2D eigenvalue weighted by molar-refractivity contribution is 0.682. The maximum atomic E-state index is 2.41. The molecule has 0 radical (unpaired) electrons. The van der Waals surface area contributed by atoms with Gasteiger partial charge >= 0.3 is 0 Å². The zero-order chi connectivity index (χ0) is 15.3. The van der Waals surface area contributed by atoms with Gasteiger partial charge in [0, 0.05) is 12.0 Å². The molecule has 0 bridgehead atoms. The Hall–Kier alpha value is -0.430. The molecule has 0 saturated heterocycles. The Morgan fingerprint density at radius 2 is 1.29 bits per heavy atom. The van der Waals surface area contributed by atoms with Crippen molar-refractivity contribution in [3.05, 3.63) is 27.5 Å². The molecular weight excluding hydrogens is 272 g/mol. The molecule has 0 aliphatic carbocycles. The highest BCUT2D eigenvalue weighted by Gasteiger charge is 2.16. The number of hydrogen-bond acceptors (Lipinski definition) is 0. The van der Waals surface area contributed by atoms with E-state index in [2.05, 4.69) is 32.2 Å². The summed E-state index contributed by atoms with van der Waals surface area (Å²) in [5, 5.41) is 2.34. The molecule has 21 heavy (non-hydrogen) atoms. The van der Waals surface area contributed by atoms with Gasteiger partial charge in [-0.1, -0.05) is 59.3 Å². The van der Waals surface area contributed by atoms with E-state index in [1.54, 1.807) is 16.0 Å². The van der Waals surface area contributed by atoms with Crippen LogP contribution in [0.25, 0.3) is 0 Å². The summed E-state index contributed by atoms with van der Waals surface area (Å²) in [6, 6.07) is 2.41. The second kappa shape index (κ2) is 12.1. The Bertz CT molecular complexity index is 342. The van der Waals surface area contributed by atoms with Crippen LogP contribution in [0.15, 0.2) is 11.4 Å². The summed E-state index contributed by atoms with van der Waals surface area (Å²) < 4.78 is 0. The Kier molecular flexibility index (Phi) is 10.8. The van der Waals surface area contributed by atoms with Crippen LogP contribution < -0.4 is 0 Å². The van der Waals surface area contributed by atoms with Crippen LogP contribution in [0.2, 0.25) is 0 Å². The molecule has 1 aromatic heterocycles. The Morgan fingerprint density at radius 3 is 1.90 bits per heavy atom. The molecule has 0 fully saturated rings. The molecular formula is C20H35S+. The van der Waals surface area contributed by atoms with Crippen molar-refractivity contribution in [3.8, 4) is 0 Å². The topological polar surface area (TPSA) is 0 Å². The summed E-state index contributed by atoms with van der Waals surface area (Å²) in [5.74, 6) is 0. The van der Waals surface area contributed by atoms with Crippen molar-refractivity contribution >= 4 is 11.3 Å². The lowest BCUT2D eigenvalue weighted by atomic mass is 9.96. The molecule has 0 aliphatic heterocycles. The fourth-order valence-corrected chi connectivity index (χ4v) is 3.98. The number of unbranched alkanes of at least 4 members (excludes halogenated alkanes) is 6. The fourth-order valence-electron chi connectivity index (χ4n) is 2.95. The van der Waals surface area contributed by atoms with E-state index >= 15 is 0 Å². The zero-order valence-electron chi connectivity index (χ0n) is 14.5. The third-order valence-corrected chi connectivity index (χ3v) is 5.30. The van der Waals surface area contributed by atoms with E-state index in [0.717, 1.165) is 0 Å². The lowest BCUT2D eigenvalue weighted by Gasteiger charge is -2.09. The minimum absolute atomic E-state index is 1.30. The van der Waals surface area contributed by atoms with Crippen LogP contribution >= 0.6 is 11.3 Å². The van der Waals surface area contributed by atoms with Crippen molar-refractivity contribution in [2.24, 2.45) is 0 Å². The molecule has 1 heteroatoms. The van der Waals surface area contributed by atoms with Crippen molar-refractivity contribution in [3.63, 3.8) is 0 Å². The van der Waals surface area contributed by atoms with Gasteiger partial charge in [-0.3, -0.25) is 0 Å². The monoisotopic (exact) mass is 307 g/mol. The van der Waals surface area contributed by atoms with E-state index in [4.69, 9.17) is 0 Å². The summed E-state index contributed by atoms with van der Waals surface area (Å²) in [5.41, 5.74) is 3.38. The molecule has 1 rings (SSSR count). The lowest BCUT2D eigenvalue weighted by Crippen LogP contribution is -2.00. The molecule has 0 nitrogen and oxygen atoms in total. The Morgan fingerprint density at radius 1 is 0.714 bits per heavy atom. The first-order valence-electron chi connectivity index (χ1n) is 9.24. The van der Waals surface area contributed by atoms with Crippen molar-refractivity contribution in [2.45, 2.75) is 97.8 Å². The van der Waals surface area contributed by atoms with Gasteiger partial charge in [-0.15, -0.1) is 0 Å². The van der Waals surface area contributed by atoms with Crippen LogP contribution in [0.1, 0.15) is 94.6 Å². The molecule has 0 atom stereocenters. The molecule has 120 valence electrons. The van der Waals surface area contributed by atoms with E-state index in [0.29, 0.717) is 0 Å². The molecule has 0 saturated carbocycles. The standard InChI is InChI=1S/C20H35S/c1-4-7-10-13-18-16-17-21-20(15-12-9-6-3)19(18)14-11-8-5-2/h16-17H,4-15H2,1-3H3/q+1. The summed E-state index contributed by atoms with van der Waals surface area (Å²) in [4.78, 5) is 1.69. The first-order valence-corrected chi connectivity index (χ1v) is 10.1. The first-order chi connectivity index (χ1) is 10.3. The predicted molar refractivity (Wildman–Crippen MR) is 98.4 cm³/mol. The quantitative estimate of drug-likeness (QED) is 0.282. The fraction of sp³-hybridized carbons (Fsp3) is 0.750. The second-order valence-corrected chi connectivity index (χ2v) is 7.22. The SMILES string of the molecule is CCCCCc1cc[s+]c(CCCCC)c1CCCCC. The average molecular weight is 308 g/mol. The number of rotatable bonds is 12. The van der Waals surface area contributed by atoms with E-state index < -0.39 is 0 Å². The predicted octanol–water partition coefficient (Wildman–Crippen LogP) is 7.23. The second-order valence-electron chi connectivity index (χ2n) is 6.22. The molecule has 0 aromatic carbocycles. The minimum Gasteiger partial charge on any atom is -0.0654 e. The molecule has 0 amide bonds. The van der Waals surface area contributed by atoms with Gasteiger partial charge in [-0.05, 0) is 43.7 Å². The van der Waals surface area contributed by atoms with Gasteiger partial charge in [0.25, 0.3) is 0 Å². The van der Waals surface area contributed by atoms with Crippen molar-refractivity contribution in [1.82, 2.24) is 0 Å². The summed E-state index contributed by atoms with van der Waals surface area (Å²) in [6.07, 6.45) is 16.1. The van der Waals surface area contributed by atoms with Crippen LogP contribution in [0.3, 0.4) is 0 Å². The highest BCUT2D eigenvalue weighted by molar-refractivity contribution is 7.09. The first kappa shape index (κ1) is 18.6. The summed E-state index contributed by atoms with van der Waals surface area (Å²) >= 11 is 2.00. The van der Waals surface area contributed by atoms with Gasteiger partial charge in [-0.25, -0.2) is 0 Å². The number of hydrogen-bond donors (Lipinski definition) is 0. The third kappa shape index (κ3) is 7.40. The van der Waals surface area contributed by atoms with Crippen LogP contribution in [0.4, 0.5) is 0 Å². The van der Waals surface area contributed by atoms with Crippen LogP contribution in [0, 0.1) is 0 Å². The third-order valence-electron chi connectivity index (χ3n) is 4.29.